The first kappa shape index (κ1) is 23.4. The zero-order valence-electron chi connectivity index (χ0n) is 18.5. The van der Waals surface area contributed by atoms with Crippen LogP contribution in [0.5, 0.6) is 0 Å². The minimum absolute atomic E-state index is 0.143. The van der Waals surface area contributed by atoms with Gasteiger partial charge in [0.05, 0.1) is 23.1 Å². The van der Waals surface area contributed by atoms with Gasteiger partial charge in [-0.3, -0.25) is 14.4 Å². The van der Waals surface area contributed by atoms with Crippen LogP contribution in [0, 0.1) is 5.92 Å². The summed E-state index contributed by atoms with van der Waals surface area (Å²) >= 11 is 7.62. The number of thioether (sulfide) groups is 1. The minimum atomic E-state index is -0.294. The number of likely N-dealkylation sites (tertiary alicyclic amines) is 1. The average molecular weight is 485 g/mol. The van der Waals surface area contributed by atoms with Crippen molar-refractivity contribution in [2.45, 2.75) is 24.7 Å². The summed E-state index contributed by atoms with van der Waals surface area (Å²) in [6.07, 6.45) is 3.27. The van der Waals surface area contributed by atoms with Crippen molar-refractivity contribution in [2.24, 2.45) is 5.92 Å². The van der Waals surface area contributed by atoms with Gasteiger partial charge in [0.2, 0.25) is 0 Å². The van der Waals surface area contributed by atoms with E-state index in [4.69, 9.17) is 16.3 Å². The molecule has 2 aliphatic heterocycles. The highest BCUT2D eigenvalue weighted by atomic mass is 35.5. The van der Waals surface area contributed by atoms with Crippen molar-refractivity contribution >= 4 is 52.9 Å². The molecule has 4 rings (SSSR count). The van der Waals surface area contributed by atoms with Crippen LogP contribution >= 0.6 is 23.4 Å². The zero-order chi connectivity index (χ0) is 23.5. The number of fused-ring (bicyclic) bond motifs is 1. The molecule has 1 saturated heterocycles. The fourth-order valence-electron chi connectivity index (χ4n) is 4.06. The third-order valence-corrected chi connectivity index (χ3v) is 7.24. The molecule has 1 atom stereocenters. The molecule has 0 N–H and O–H groups in total. The van der Waals surface area contributed by atoms with Crippen LogP contribution in [-0.2, 0) is 14.3 Å². The number of piperidine rings is 1. The summed E-state index contributed by atoms with van der Waals surface area (Å²) in [5.41, 5.74) is 1.96. The quantitative estimate of drug-likeness (QED) is 0.457. The molecule has 2 aromatic carbocycles. The van der Waals surface area contributed by atoms with Crippen LogP contribution in [0.4, 0.5) is 5.69 Å². The molecule has 2 aromatic rings. The molecule has 0 saturated carbocycles. The van der Waals surface area contributed by atoms with Crippen molar-refractivity contribution < 1.29 is 19.1 Å². The molecule has 2 aliphatic rings. The predicted molar refractivity (Wildman–Crippen MR) is 130 cm³/mol. The number of amides is 2. The third-order valence-electron chi connectivity index (χ3n) is 5.82. The Hall–Kier alpha value is -2.77. The molecule has 2 amide bonds. The van der Waals surface area contributed by atoms with Crippen molar-refractivity contribution in [2.75, 3.05) is 31.6 Å². The largest absolute Gasteiger partial charge is 0.466 e. The molecule has 0 aromatic heterocycles. The topological polar surface area (TPSA) is 66.9 Å². The number of hydrogen-bond acceptors (Lipinski definition) is 5. The van der Waals surface area contributed by atoms with Crippen molar-refractivity contribution in [3.05, 3.63) is 63.5 Å². The van der Waals surface area contributed by atoms with Gasteiger partial charge in [-0.2, -0.15) is 0 Å². The predicted octanol–water partition coefficient (Wildman–Crippen LogP) is 4.86. The normalized spacial score (nSPS) is 19.4. The maximum Gasteiger partial charge on any atom is 0.310 e. The fourth-order valence-corrected chi connectivity index (χ4v) is 5.33. The van der Waals surface area contributed by atoms with Gasteiger partial charge >= 0.3 is 5.97 Å². The number of likely N-dealkylation sites (N-methyl/N-ethyl adjacent to an activating group) is 1. The van der Waals surface area contributed by atoms with Crippen LogP contribution in [0.1, 0.15) is 35.7 Å². The summed E-state index contributed by atoms with van der Waals surface area (Å²) in [7, 11) is 1.70. The average Bonchev–Trinajstić information content (AvgIpc) is 2.83. The lowest BCUT2D eigenvalue weighted by Gasteiger charge is -2.32. The lowest BCUT2D eigenvalue weighted by atomic mass is 9.97. The Morgan fingerprint density at radius 2 is 2.03 bits per heavy atom. The van der Waals surface area contributed by atoms with Crippen LogP contribution in [0.3, 0.4) is 0 Å². The maximum absolute atomic E-state index is 13.2. The summed E-state index contributed by atoms with van der Waals surface area (Å²) in [5, 5.41) is 0.579. The molecular weight excluding hydrogens is 460 g/mol. The molecule has 0 radical (unpaired) electrons. The minimum Gasteiger partial charge on any atom is -0.466 e. The molecule has 1 fully saturated rings. The standard InChI is InChI=1S/C25H25ClN2O4S/c1-3-32-25(31)18-8-6-12-28(15-18)23(29)17-10-11-21-20(13-17)27(2)24(30)22(33-21)14-16-7-4-5-9-19(16)26/h4-5,7,9-11,13-14,18H,3,6,8,12,15H2,1-2H3/b22-14-/t18-/m1/s1. The van der Waals surface area contributed by atoms with Gasteiger partial charge < -0.3 is 14.5 Å². The number of nitrogens with zero attached hydrogens (tertiary/aromatic N) is 2. The van der Waals surface area contributed by atoms with Crippen molar-refractivity contribution in [3.8, 4) is 0 Å². The van der Waals surface area contributed by atoms with Gasteiger partial charge in [-0.25, -0.2) is 0 Å². The molecule has 2 heterocycles. The highest BCUT2D eigenvalue weighted by Crippen LogP contribution is 2.42. The second-order valence-electron chi connectivity index (χ2n) is 8.02. The van der Waals surface area contributed by atoms with Gasteiger partial charge in [0.15, 0.2) is 0 Å². The molecule has 172 valence electrons. The second kappa shape index (κ2) is 10.0. The molecule has 0 bridgehead atoms. The monoisotopic (exact) mass is 484 g/mol. The van der Waals surface area contributed by atoms with Gasteiger partial charge in [0, 0.05) is 35.6 Å². The molecule has 8 heteroatoms. The Bertz CT molecular complexity index is 1130. The fraction of sp³-hybridized carbons (Fsp3) is 0.320. The summed E-state index contributed by atoms with van der Waals surface area (Å²) in [6.45, 7) is 3.06. The van der Waals surface area contributed by atoms with Gasteiger partial charge in [0.1, 0.15) is 0 Å². The van der Waals surface area contributed by atoms with Gasteiger partial charge in [-0.1, -0.05) is 41.6 Å². The van der Waals surface area contributed by atoms with E-state index in [2.05, 4.69) is 0 Å². The van der Waals surface area contributed by atoms with Crippen molar-refractivity contribution in [1.29, 1.82) is 0 Å². The van der Waals surface area contributed by atoms with E-state index in [-0.39, 0.29) is 23.7 Å². The summed E-state index contributed by atoms with van der Waals surface area (Å²) < 4.78 is 5.14. The number of rotatable bonds is 4. The number of halogens is 1. The zero-order valence-corrected chi connectivity index (χ0v) is 20.1. The summed E-state index contributed by atoms with van der Waals surface area (Å²) in [4.78, 5) is 43.0. The smallest absolute Gasteiger partial charge is 0.310 e. The Labute approximate surface area is 202 Å². The molecule has 0 unspecified atom stereocenters. The Morgan fingerprint density at radius 1 is 1.24 bits per heavy atom. The maximum atomic E-state index is 13.2. The summed E-state index contributed by atoms with van der Waals surface area (Å²) in [5.74, 6) is -0.843. The van der Waals surface area contributed by atoms with E-state index in [1.54, 1.807) is 48.0 Å². The number of carbonyl (C=O) groups is 3. The highest BCUT2D eigenvalue weighted by Gasteiger charge is 2.32. The highest BCUT2D eigenvalue weighted by molar-refractivity contribution is 8.04. The van der Waals surface area contributed by atoms with E-state index < -0.39 is 0 Å². The van der Waals surface area contributed by atoms with E-state index >= 15 is 0 Å². The first-order valence-corrected chi connectivity index (χ1v) is 12.1. The number of carbonyl (C=O) groups excluding carboxylic acids is 3. The van der Waals surface area contributed by atoms with Crippen molar-refractivity contribution in [3.63, 3.8) is 0 Å². The van der Waals surface area contributed by atoms with Gasteiger partial charge in [-0.05, 0) is 55.7 Å². The molecule has 0 aliphatic carbocycles. The first-order valence-electron chi connectivity index (χ1n) is 10.9. The van der Waals surface area contributed by atoms with Crippen LogP contribution in [0.25, 0.3) is 6.08 Å². The Kier molecular flexibility index (Phi) is 7.10. The van der Waals surface area contributed by atoms with Crippen LogP contribution in [0.15, 0.2) is 52.3 Å². The van der Waals surface area contributed by atoms with Crippen molar-refractivity contribution in [1.82, 2.24) is 4.90 Å². The second-order valence-corrected chi connectivity index (χ2v) is 9.51. The molecule has 33 heavy (non-hydrogen) atoms. The number of benzene rings is 2. The number of ether oxygens (including phenoxy) is 1. The molecular formula is C25H25ClN2O4S. The Morgan fingerprint density at radius 3 is 2.79 bits per heavy atom. The first-order chi connectivity index (χ1) is 15.9. The lowest BCUT2D eigenvalue weighted by Crippen LogP contribution is -2.43. The van der Waals surface area contributed by atoms with Crippen LogP contribution < -0.4 is 4.90 Å². The SMILES string of the molecule is CCOC(=O)[C@@H]1CCCN(C(=O)c2ccc3c(c2)N(C)C(=O)/C(=C/c2ccccc2Cl)S3)C1. The van der Waals surface area contributed by atoms with E-state index in [1.807, 2.05) is 24.3 Å². The van der Waals surface area contributed by atoms with Gasteiger partial charge in [-0.15, -0.1) is 0 Å². The van der Waals surface area contributed by atoms with Crippen LogP contribution in [-0.4, -0.2) is 49.4 Å². The van der Waals surface area contributed by atoms with E-state index in [1.165, 1.54) is 11.8 Å². The van der Waals surface area contributed by atoms with Gasteiger partial charge in [0.25, 0.3) is 11.8 Å². The van der Waals surface area contributed by atoms with E-state index in [9.17, 15) is 14.4 Å². The third kappa shape index (κ3) is 4.94. The van der Waals surface area contributed by atoms with E-state index in [0.29, 0.717) is 40.9 Å². The summed E-state index contributed by atoms with van der Waals surface area (Å²) in [6, 6.07) is 12.8. The molecule has 6 nitrogen and oxygen atoms in total. The van der Waals surface area contributed by atoms with Crippen LogP contribution in [0.2, 0.25) is 5.02 Å². The number of esters is 1. The lowest BCUT2D eigenvalue weighted by molar-refractivity contribution is -0.149. The number of hydrogen-bond donors (Lipinski definition) is 0. The number of anilines is 1. The molecule has 0 spiro atoms. The van der Waals surface area contributed by atoms with E-state index in [0.717, 1.165) is 23.3 Å². The Balaban J connectivity index is 1.55.